The molecule has 1 N–H and O–H groups in total. The predicted molar refractivity (Wildman–Crippen MR) is 47.9 cm³/mol. The number of phenolic OH excluding ortho intramolecular Hbond substituents is 1. The number of hydrogen-bond acceptors (Lipinski definition) is 2. The maximum atomic E-state index is 9.19. The average molecular weight is 172 g/mol. The Morgan fingerprint density at radius 1 is 1.40 bits per heavy atom. The Morgan fingerprint density at radius 3 is 2.70 bits per heavy atom. The summed E-state index contributed by atoms with van der Waals surface area (Å²) in [6.07, 6.45) is 0. The normalized spacial score (nSPS) is 9.60. The monoisotopic (exact) mass is 172 g/mol. The highest BCUT2D eigenvalue weighted by Crippen LogP contribution is 2.15. The maximum absolute atomic E-state index is 9.19. The van der Waals surface area contributed by atoms with E-state index in [0.717, 1.165) is 21.6 Å². The van der Waals surface area contributed by atoms with Crippen molar-refractivity contribution in [2.75, 3.05) is 0 Å². The SMILES string of the molecule is Oc1ccccc1C[SH]=S. The van der Waals surface area contributed by atoms with Gasteiger partial charge >= 0.3 is 0 Å². The molecule has 1 rings (SSSR count). The van der Waals surface area contributed by atoms with Crippen LogP contribution >= 0.6 is 0 Å². The van der Waals surface area contributed by atoms with Gasteiger partial charge in [-0.25, -0.2) is 0 Å². The lowest BCUT2D eigenvalue weighted by Gasteiger charge is -1.97. The van der Waals surface area contributed by atoms with Gasteiger partial charge in [-0.3, -0.25) is 0 Å². The van der Waals surface area contributed by atoms with Crippen LogP contribution in [0, 0.1) is 0 Å². The second-order valence-electron chi connectivity index (χ2n) is 1.92. The zero-order chi connectivity index (χ0) is 7.40. The van der Waals surface area contributed by atoms with Crippen LogP contribution in [0.15, 0.2) is 24.3 Å². The number of hydrogen-bond donors (Lipinski definition) is 2. The molecule has 0 radical (unpaired) electrons. The van der Waals surface area contributed by atoms with E-state index in [4.69, 9.17) is 11.2 Å². The van der Waals surface area contributed by atoms with E-state index in [0.29, 0.717) is 5.75 Å². The standard InChI is InChI=1S/C7H8OS2/c8-7-4-2-1-3-6(7)5-10-9/h1-4,8,10H,5H2. The van der Waals surface area contributed by atoms with Crippen LogP contribution in [0.3, 0.4) is 0 Å². The van der Waals surface area contributed by atoms with Gasteiger partial charge in [-0.05, 0) is 6.07 Å². The fourth-order valence-corrected chi connectivity index (χ4v) is 1.54. The predicted octanol–water partition coefficient (Wildman–Crippen LogP) is 1.17. The van der Waals surface area contributed by atoms with Crippen LogP contribution in [0.4, 0.5) is 0 Å². The van der Waals surface area contributed by atoms with Crippen molar-refractivity contribution in [2.24, 2.45) is 0 Å². The molecule has 0 fully saturated rings. The van der Waals surface area contributed by atoms with E-state index in [1.807, 2.05) is 12.1 Å². The first kappa shape index (κ1) is 7.69. The van der Waals surface area contributed by atoms with E-state index in [-0.39, 0.29) is 0 Å². The van der Waals surface area contributed by atoms with Crippen LogP contribution in [-0.4, -0.2) is 5.11 Å². The Bertz CT molecular complexity index is 235. The minimum atomic E-state index is 0.347. The minimum Gasteiger partial charge on any atom is -0.508 e. The van der Waals surface area contributed by atoms with E-state index >= 15 is 0 Å². The Balaban J connectivity index is 2.91. The fourth-order valence-electron chi connectivity index (χ4n) is 0.714. The summed E-state index contributed by atoms with van der Waals surface area (Å²) in [6.45, 7) is 0. The van der Waals surface area contributed by atoms with E-state index in [9.17, 15) is 5.11 Å². The van der Waals surface area contributed by atoms with Crippen molar-refractivity contribution in [1.82, 2.24) is 0 Å². The lowest BCUT2D eigenvalue weighted by Crippen LogP contribution is -1.80. The molecule has 0 aliphatic heterocycles. The molecule has 0 aliphatic rings. The summed E-state index contributed by atoms with van der Waals surface area (Å²) in [7, 11) is 0.874. The molecule has 1 aromatic rings. The van der Waals surface area contributed by atoms with Crippen LogP contribution in [0.5, 0.6) is 5.75 Å². The lowest BCUT2D eigenvalue weighted by molar-refractivity contribution is 0.470. The summed E-state index contributed by atoms with van der Waals surface area (Å²) in [4.78, 5) is 0. The zero-order valence-corrected chi connectivity index (χ0v) is 7.03. The molecule has 10 heavy (non-hydrogen) atoms. The third kappa shape index (κ3) is 1.78. The highest BCUT2D eigenvalue weighted by molar-refractivity contribution is 8.17. The first-order valence-electron chi connectivity index (χ1n) is 2.90. The molecule has 0 spiro atoms. The number of aromatic hydroxyl groups is 1. The van der Waals surface area contributed by atoms with Crippen molar-refractivity contribution in [3.8, 4) is 5.75 Å². The minimum absolute atomic E-state index is 0.347. The Kier molecular flexibility index (Phi) is 2.83. The molecule has 0 heterocycles. The van der Waals surface area contributed by atoms with E-state index < -0.39 is 0 Å². The van der Waals surface area contributed by atoms with Crippen LogP contribution in [0.25, 0.3) is 0 Å². The first-order valence-corrected chi connectivity index (χ1v) is 5.00. The summed E-state index contributed by atoms with van der Waals surface area (Å²) in [6, 6.07) is 7.26. The third-order valence-electron chi connectivity index (χ3n) is 1.23. The van der Waals surface area contributed by atoms with Crippen molar-refractivity contribution in [3.63, 3.8) is 0 Å². The van der Waals surface area contributed by atoms with Gasteiger partial charge in [-0.2, -0.15) is 0 Å². The third-order valence-corrected chi connectivity index (χ3v) is 2.08. The number of thiol groups is 1. The highest BCUT2D eigenvalue weighted by atomic mass is 32.8. The summed E-state index contributed by atoms with van der Waals surface area (Å²) in [5.41, 5.74) is 0.930. The average Bonchev–Trinajstić information content (AvgIpc) is 1.94. The van der Waals surface area contributed by atoms with Gasteiger partial charge in [0, 0.05) is 11.3 Å². The van der Waals surface area contributed by atoms with Gasteiger partial charge in [-0.15, -0.1) is 10.3 Å². The first-order chi connectivity index (χ1) is 4.84. The lowest BCUT2D eigenvalue weighted by atomic mass is 10.2. The van der Waals surface area contributed by atoms with E-state index in [1.165, 1.54) is 0 Å². The molecule has 0 unspecified atom stereocenters. The number of rotatable bonds is 2. The van der Waals surface area contributed by atoms with Gasteiger partial charge in [0.05, 0.1) is 0 Å². The van der Waals surface area contributed by atoms with Gasteiger partial charge in [0.2, 0.25) is 0 Å². The topological polar surface area (TPSA) is 20.2 Å². The van der Waals surface area contributed by atoms with Crippen LogP contribution in [0.1, 0.15) is 5.56 Å². The molecule has 0 saturated heterocycles. The van der Waals surface area contributed by atoms with Crippen LogP contribution in [0.2, 0.25) is 0 Å². The molecule has 1 nitrogen and oxygen atoms in total. The summed E-state index contributed by atoms with van der Waals surface area (Å²) < 4.78 is 0. The van der Waals surface area contributed by atoms with Crippen molar-refractivity contribution >= 4 is 21.5 Å². The molecule has 0 saturated carbocycles. The molecule has 0 aromatic heterocycles. The van der Waals surface area contributed by atoms with Gasteiger partial charge in [0.1, 0.15) is 5.75 Å². The zero-order valence-electron chi connectivity index (χ0n) is 5.32. The van der Waals surface area contributed by atoms with E-state index in [2.05, 4.69) is 0 Å². The summed E-state index contributed by atoms with van der Waals surface area (Å²) in [5.74, 6) is 1.10. The van der Waals surface area contributed by atoms with Gasteiger partial charge in [0.25, 0.3) is 0 Å². The molecule has 54 valence electrons. The second kappa shape index (κ2) is 3.68. The molecule has 0 atom stereocenters. The molecular weight excluding hydrogens is 164 g/mol. The van der Waals surface area contributed by atoms with Crippen LogP contribution < -0.4 is 0 Å². The van der Waals surface area contributed by atoms with Crippen molar-refractivity contribution in [3.05, 3.63) is 29.8 Å². The largest absolute Gasteiger partial charge is 0.508 e. The molecule has 3 heteroatoms. The highest BCUT2D eigenvalue weighted by Gasteiger charge is 1.94. The Labute approximate surface area is 68.3 Å². The number of phenols is 1. The van der Waals surface area contributed by atoms with Gasteiger partial charge in [-0.1, -0.05) is 29.4 Å². The summed E-state index contributed by atoms with van der Waals surface area (Å²) in [5, 5.41) is 9.19. The van der Waals surface area contributed by atoms with Gasteiger partial charge in [0.15, 0.2) is 0 Å². The molecular formula is C7H8OS2. The summed E-state index contributed by atoms with van der Waals surface area (Å²) >= 11 is 4.75. The van der Waals surface area contributed by atoms with Crippen molar-refractivity contribution in [1.29, 1.82) is 0 Å². The smallest absolute Gasteiger partial charge is 0.119 e. The van der Waals surface area contributed by atoms with Crippen molar-refractivity contribution < 1.29 is 5.11 Å². The molecule has 0 bridgehead atoms. The number of benzene rings is 1. The van der Waals surface area contributed by atoms with Crippen molar-refractivity contribution in [2.45, 2.75) is 5.75 Å². The second-order valence-corrected chi connectivity index (χ2v) is 3.26. The van der Waals surface area contributed by atoms with Gasteiger partial charge < -0.3 is 5.11 Å². The Morgan fingerprint density at radius 2 is 2.10 bits per heavy atom. The fraction of sp³-hybridized carbons (Fsp3) is 0.143. The molecule has 1 aromatic carbocycles. The number of para-hydroxylation sites is 1. The van der Waals surface area contributed by atoms with E-state index in [1.54, 1.807) is 12.1 Å². The molecule has 0 amide bonds. The quantitative estimate of drug-likeness (QED) is 0.653. The maximum Gasteiger partial charge on any atom is 0.119 e. The van der Waals surface area contributed by atoms with Crippen LogP contribution in [-0.2, 0) is 27.3 Å². The molecule has 0 aliphatic carbocycles. The Hall–Kier alpha value is -0.410.